The quantitative estimate of drug-likeness (QED) is 0.574. The maximum Gasteiger partial charge on any atom is 0.0435 e. The number of ether oxygens (including phenoxy) is 2. The SMILES string of the molecule is [CH2-]C(OCC)OCC.[W]. The van der Waals surface area contributed by atoms with Crippen LogP contribution in [0.2, 0.25) is 0 Å². The van der Waals surface area contributed by atoms with Gasteiger partial charge in [-0.05, 0) is 13.8 Å². The standard InChI is InChI=1S/C6H13O2.W/c1-4-7-6(3)8-5-2;/h6H,3-5H2,1-2H3;/q-1;. The number of rotatable bonds is 4. The first-order valence-electron chi connectivity index (χ1n) is 2.87. The molecule has 0 amide bonds. The molecule has 9 heavy (non-hydrogen) atoms. The molecule has 0 bridgehead atoms. The zero-order chi connectivity index (χ0) is 6.41. The molecule has 2 nitrogen and oxygen atoms in total. The van der Waals surface area contributed by atoms with E-state index in [2.05, 4.69) is 6.92 Å². The van der Waals surface area contributed by atoms with Crippen molar-refractivity contribution in [3.05, 3.63) is 6.92 Å². The number of hydrogen-bond acceptors (Lipinski definition) is 2. The van der Waals surface area contributed by atoms with Crippen LogP contribution in [0.3, 0.4) is 0 Å². The molecule has 0 aromatic heterocycles. The Morgan fingerprint density at radius 1 is 1.22 bits per heavy atom. The molecule has 0 radical (unpaired) electrons. The van der Waals surface area contributed by atoms with Gasteiger partial charge in [0.15, 0.2) is 0 Å². The van der Waals surface area contributed by atoms with Crippen LogP contribution in [0, 0.1) is 6.92 Å². The molecule has 0 atom stereocenters. The second-order valence-corrected chi connectivity index (χ2v) is 1.34. The van der Waals surface area contributed by atoms with Crippen molar-refractivity contribution in [3.63, 3.8) is 0 Å². The average Bonchev–Trinajstić information content (AvgIpc) is 1.68. The van der Waals surface area contributed by atoms with E-state index in [0.717, 1.165) is 0 Å². The Bertz CT molecular complexity index is 44.3. The minimum absolute atomic E-state index is 0. The fraction of sp³-hybridized carbons (Fsp3) is 0.833. The van der Waals surface area contributed by atoms with Gasteiger partial charge in [0.2, 0.25) is 0 Å². The molecule has 0 aromatic rings. The van der Waals surface area contributed by atoms with Crippen molar-refractivity contribution in [2.24, 2.45) is 0 Å². The van der Waals surface area contributed by atoms with Crippen LogP contribution in [0.5, 0.6) is 0 Å². The largest absolute Gasteiger partial charge is 0.384 e. The van der Waals surface area contributed by atoms with Gasteiger partial charge >= 0.3 is 0 Å². The van der Waals surface area contributed by atoms with Crippen molar-refractivity contribution in [1.29, 1.82) is 0 Å². The van der Waals surface area contributed by atoms with E-state index in [1.165, 1.54) is 0 Å². The third kappa shape index (κ3) is 8.61. The summed E-state index contributed by atoms with van der Waals surface area (Å²) in [7, 11) is 0. The van der Waals surface area contributed by atoms with Crippen molar-refractivity contribution in [3.8, 4) is 0 Å². The first-order chi connectivity index (χ1) is 3.81. The molecular weight excluding hydrogens is 288 g/mol. The van der Waals surface area contributed by atoms with Crippen LogP contribution in [0.1, 0.15) is 13.8 Å². The molecule has 0 aliphatic heterocycles. The summed E-state index contributed by atoms with van der Waals surface area (Å²) in [5.74, 6) is 0. The summed E-state index contributed by atoms with van der Waals surface area (Å²) in [6.07, 6.45) is -0.287. The number of hydrogen-bond donors (Lipinski definition) is 0. The molecule has 0 spiro atoms. The van der Waals surface area contributed by atoms with E-state index in [1.807, 2.05) is 13.8 Å². The van der Waals surface area contributed by atoms with Crippen LogP contribution in [-0.2, 0) is 30.5 Å². The summed E-state index contributed by atoms with van der Waals surface area (Å²) in [6.45, 7) is 8.72. The smallest absolute Gasteiger partial charge is 0.0435 e. The topological polar surface area (TPSA) is 18.5 Å². The van der Waals surface area contributed by atoms with Crippen molar-refractivity contribution in [2.75, 3.05) is 13.2 Å². The molecule has 0 saturated carbocycles. The zero-order valence-electron chi connectivity index (χ0n) is 5.92. The van der Waals surface area contributed by atoms with Crippen molar-refractivity contribution in [2.45, 2.75) is 20.1 Å². The maximum absolute atomic E-state index is 4.95. The fourth-order valence-electron chi connectivity index (χ4n) is 0.420. The van der Waals surface area contributed by atoms with Crippen molar-refractivity contribution >= 4 is 0 Å². The Labute approximate surface area is 71.2 Å². The summed E-state index contributed by atoms with van der Waals surface area (Å²) in [5.41, 5.74) is 0. The molecule has 0 fully saturated rings. The minimum Gasteiger partial charge on any atom is -0.384 e. The Morgan fingerprint density at radius 2 is 1.56 bits per heavy atom. The van der Waals surface area contributed by atoms with E-state index in [-0.39, 0.29) is 27.4 Å². The van der Waals surface area contributed by atoms with E-state index >= 15 is 0 Å². The molecule has 0 aliphatic rings. The van der Waals surface area contributed by atoms with Gasteiger partial charge < -0.3 is 9.47 Å². The predicted octanol–water partition coefficient (Wildman–Crippen LogP) is 1.22. The summed E-state index contributed by atoms with van der Waals surface area (Å²) in [4.78, 5) is 0. The van der Waals surface area contributed by atoms with E-state index in [4.69, 9.17) is 9.47 Å². The molecule has 0 aromatic carbocycles. The first-order valence-corrected chi connectivity index (χ1v) is 2.87. The van der Waals surface area contributed by atoms with Crippen molar-refractivity contribution in [1.82, 2.24) is 0 Å². The molecular formula is C6H13O2W-. The monoisotopic (exact) mass is 301 g/mol. The van der Waals surface area contributed by atoms with Gasteiger partial charge in [-0.3, -0.25) is 6.92 Å². The Kier molecular flexibility index (Phi) is 11.8. The summed E-state index contributed by atoms with van der Waals surface area (Å²) < 4.78 is 9.90. The van der Waals surface area contributed by atoms with Crippen molar-refractivity contribution < 1.29 is 30.5 Å². The Hall–Kier alpha value is 0.608. The average molecular weight is 301 g/mol. The minimum atomic E-state index is -0.287. The van der Waals surface area contributed by atoms with Crippen LogP contribution in [0.15, 0.2) is 0 Å². The Balaban J connectivity index is 0. The van der Waals surface area contributed by atoms with Gasteiger partial charge in [0.1, 0.15) is 0 Å². The third-order valence-electron chi connectivity index (χ3n) is 0.705. The van der Waals surface area contributed by atoms with Crippen LogP contribution >= 0.6 is 0 Å². The molecule has 0 heterocycles. The summed E-state index contributed by atoms with van der Waals surface area (Å²) >= 11 is 0. The fourth-order valence-corrected chi connectivity index (χ4v) is 0.420. The van der Waals surface area contributed by atoms with Gasteiger partial charge in [0.05, 0.1) is 0 Å². The van der Waals surface area contributed by atoms with Crippen LogP contribution in [-0.4, -0.2) is 19.5 Å². The van der Waals surface area contributed by atoms with Crippen LogP contribution < -0.4 is 0 Å². The van der Waals surface area contributed by atoms with Gasteiger partial charge in [-0.2, -0.15) is 0 Å². The van der Waals surface area contributed by atoms with Gasteiger partial charge in [-0.25, -0.2) is 0 Å². The molecule has 56 valence electrons. The summed E-state index contributed by atoms with van der Waals surface area (Å²) in [6, 6.07) is 0. The summed E-state index contributed by atoms with van der Waals surface area (Å²) in [5, 5.41) is 0. The molecule has 3 heteroatoms. The van der Waals surface area contributed by atoms with E-state index in [9.17, 15) is 0 Å². The molecule has 0 N–H and O–H groups in total. The normalized spacial score (nSPS) is 9.33. The maximum atomic E-state index is 4.95. The second-order valence-electron chi connectivity index (χ2n) is 1.34. The molecule has 0 rings (SSSR count). The zero-order valence-corrected chi connectivity index (χ0v) is 8.86. The van der Waals surface area contributed by atoms with E-state index in [0.29, 0.717) is 13.2 Å². The molecule has 0 saturated heterocycles. The van der Waals surface area contributed by atoms with Gasteiger partial charge in [0.25, 0.3) is 0 Å². The van der Waals surface area contributed by atoms with E-state index in [1.54, 1.807) is 0 Å². The van der Waals surface area contributed by atoms with Gasteiger partial charge in [-0.15, -0.1) is 0 Å². The van der Waals surface area contributed by atoms with Crippen LogP contribution in [0.4, 0.5) is 0 Å². The van der Waals surface area contributed by atoms with Gasteiger partial charge in [0, 0.05) is 40.6 Å². The predicted molar refractivity (Wildman–Crippen MR) is 32.4 cm³/mol. The molecule has 0 aliphatic carbocycles. The molecule has 0 unspecified atom stereocenters. The first kappa shape index (κ1) is 12.3. The van der Waals surface area contributed by atoms with E-state index < -0.39 is 0 Å². The van der Waals surface area contributed by atoms with Crippen LogP contribution in [0.25, 0.3) is 0 Å². The Morgan fingerprint density at radius 3 is 1.78 bits per heavy atom. The second kappa shape index (κ2) is 8.61. The van der Waals surface area contributed by atoms with Gasteiger partial charge in [-0.1, -0.05) is 0 Å². The third-order valence-corrected chi connectivity index (χ3v) is 0.705.